The SMILES string of the molecule is COc1cc(OC)cc(C(=O)OOOC(=O)OC2CCC(C(C)(C)C)CC2)c1. The van der Waals surface area contributed by atoms with Gasteiger partial charge in [-0.25, -0.2) is 14.5 Å². The minimum atomic E-state index is -1.05. The molecule has 0 heterocycles. The van der Waals surface area contributed by atoms with Crippen LogP contribution in [0.2, 0.25) is 0 Å². The monoisotopic (exact) mass is 396 g/mol. The second-order valence-corrected chi connectivity index (χ2v) is 7.83. The van der Waals surface area contributed by atoms with Gasteiger partial charge in [-0.3, -0.25) is 4.89 Å². The first-order valence-electron chi connectivity index (χ1n) is 9.22. The van der Waals surface area contributed by atoms with Crippen molar-refractivity contribution in [3.63, 3.8) is 0 Å². The van der Waals surface area contributed by atoms with Gasteiger partial charge in [-0.15, -0.1) is 0 Å². The summed E-state index contributed by atoms with van der Waals surface area (Å²) in [6.07, 6.45) is 2.22. The van der Waals surface area contributed by atoms with Gasteiger partial charge in [0.2, 0.25) is 0 Å². The van der Waals surface area contributed by atoms with E-state index in [4.69, 9.17) is 14.2 Å². The second kappa shape index (κ2) is 9.64. The number of hydrogen-bond donors (Lipinski definition) is 0. The quantitative estimate of drug-likeness (QED) is 0.395. The molecule has 0 spiro atoms. The van der Waals surface area contributed by atoms with E-state index in [1.54, 1.807) is 6.07 Å². The summed E-state index contributed by atoms with van der Waals surface area (Å²) in [7, 11) is 2.91. The molecule has 0 N–H and O–H groups in total. The maximum Gasteiger partial charge on any atom is 0.543 e. The van der Waals surface area contributed by atoms with Crippen LogP contribution in [0.15, 0.2) is 18.2 Å². The van der Waals surface area contributed by atoms with Crippen molar-refractivity contribution < 1.29 is 38.6 Å². The Morgan fingerprint density at radius 2 is 1.46 bits per heavy atom. The van der Waals surface area contributed by atoms with Gasteiger partial charge >= 0.3 is 12.1 Å². The van der Waals surface area contributed by atoms with Crippen molar-refractivity contribution in [3.05, 3.63) is 23.8 Å². The molecule has 0 unspecified atom stereocenters. The van der Waals surface area contributed by atoms with Gasteiger partial charge in [0, 0.05) is 6.07 Å². The summed E-state index contributed by atoms with van der Waals surface area (Å²) in [4.78, 5) is 32.6. The van der Waals surface area contributed by atoms with Crippen molar-refractivity contribution in [1.82, 2.24) is 0 Å². The number of methoxy groups -OCH3 is 2. The third-order valence-corrected chi connectivity index (χ3v) is 4.96. The van der Waals surface area contributed by atoms with Crippen molar-refractivity contribution in [3.8, 4) is 11.5 Å². The highest BCUT2D eigenvalue weighted by Crippen LogP contribution is 2.38. The van der Waals surface area contributed by atoms with Crippen molar-refractivity contribution in [2.24, 2.45) is 11.3 Å². The minimum Gasteiger partial charge on any atom is -0.497 e. The molecule has 2 rings (SSSR count). The number of hydrogen-bond acceptors (Lipinski definition) is 8. The van der Waals surface area contributed by atoms with Crippen LogP contribution >= 0.6 is 0 Å². The Bertz CT molecular complexity index is 649. The summed E-state index contributed by atoms with van der Waals surface area (Å²) < 4.78 is 15.3. The molecule has 1 aliphatic rings. The Morgan fingerprint density at radius 1 is 0.893 bits per heavy atom. The third kappa shape index (κ3) is 6.30. The molecule has 0 aromatic heterocycles. The standard InChI is InChI=1S/C20H28O8/c1-20(2,3)14-6-8-15(9-7-14)25-19(22)27-28-26-18(21)13-10-16(23-4)12-17(11-13)24-5/h10-12,14-15H,6-9H2,1-5H3. The van der Waals surface area contributed by atoms with Gasteiger partial charge in [0.25, 0.3) is 0 Å². The van der Waals surface area contributed by atoms with Gasteiger partial charge in [-0.2, -0.15) is 0 Å². The third-order valence-electron chi connectivity index (χ3n) is 4.96. The van der Waals surface area contributed by atoms with Crippen LogP contribution in [0.25, 0.3) is 0 Å². The minimum absolute atomic E-state index is 0.105. The predicted octanol–water partition coefficient (Wildman–Crippen LogP) is 4.47. The first-order chi connectivity index (χ1) is 13.2. The van der Waals surface area contributed by atoms with E-state index in [0.29, 0.717) is 17.4 Å². The smallest absolute Gasteiger partial charge is 0.497 e. The summed E-state index contributed by atoms with van der Waals surface area (Å²) in [5.74, 6) is 0.520. The molecule has 1 aromatic carbocycles. The summed E-state index contributed by atoms with van der Waals surface area (Å²) in [6.45, 7) is 6.65. The maximum absolute atomic E-state index is 12.0. The first-order valence-corrected chi connectivity index (χ1v) is 9.22. The summed E-state index contributed by atoms with van der Waals surface area (Å²) in [5.41, 5.74) is 0.347. The number of rotatable bonds is 6. The van der Waals surface area contributed by atoms with Gasteiger partial charge in [-0.1, -0.05) is 20.8 Å². The molecule has 8 heteroatoms. The van der Waals surface area contributed by atoms with E-state index in [-0.39, 0.29) is 17.1 Å². The fourth-order valence-electron chi connectivity index (χ4n) is 3.25. The molecule has 0 radical (unpaired) electrons. The van der Waals surface area contributed by atoms with Gasteiger partial charge in [0.15, 0.2) is 0 Å². The van der Waals surface area contributed by atoms with Crippen molar-refractivity contribution in [2.45, 2.75) is 52.6 Å². The molecule has 156 valence electrons. The van der Waals surface area contributed by atoms with Gasteiger partial charge in [-0.05, 0) is 49.1 Å². The highest BCUT2D eigenvalue weighted by Gasteiger charge is 2.31. The lowest BCUT2D eigenvalue weighted by molar-refractivity contribution is -0.453. The van der Waals surface area contributed by atoms with Crippen LogP contribution in [0.4, 0.5) is 4.79 Å². The largest absolute Gasteiger partial charge is 0.543 e. The van der Waals surface area contributed by atoms with Crippen LogP contribution < -0.4 is 9.47 Å². The van der Waals surface area contributed by atoms with Crippen LogP contribution in [0.5, 0.6) is 11.5 Å². The molecule has 0 bridgehead atoms. The molecule has 28 heavy (non-hydrogen) atoms. The lowest BCUT2D eigenvalue weighted by Gasteiger charge is -2.36. The zero-order valence-electron chi connectivity index (χ0n) is 17.0. The van der Waals surface area contributed by atoms with E-state index >= 15 is 0 Å². The first kappa shape index (κ1) is 21.8. The maximum atomic E-state index is 12.0. The molecule has 0 aliphatic heterocycles. The molecule has 1 aromatic rings. The van der Waals surface area contributed by atoms with Crippen molar-refractivity contribution in [1.29, 1.82) is 0 Å². The van der Waals surface area contributed by atoms with E-state index in [9.17, 15) is 9.59 Å². The fraction of sp³-hybridized carbons (Fsp3) is 0.600. The molecule has 0 atom stereocenters. The summed E-state index contributed by atoms with van der Waals surface area (Å²) >= 11 is 0. The molecule has 0 saturated heterocycles. The number of carbonyl (C=O) groups is 2. The lowest BCUT2D eigenvalue weighted by atomic mass is 9.72. The van der Waals surface area contributed by atoms with Crippen LogP contribution in [0.3, 0.4) is 0 Å². The molecule has 1 aliphatic carbocycles. The zero-order chi connectivity index (χ0) is 20.7. The number of ether oxygens (including phenoxy) is 3. The number of carbonyl (C=O) groups excluding carboxylic acids is 2. The van der Waals surface area contributed by atoms with E-state index in [1.807, 2.05) is 0 Å². The highest BCUT2D eigenvalue weighted by atomic mass is 17.5. The Balaban J connectivity index is 1.74. The number of benzene rings is 1. The lowest BCUT2D eigenvalue weighted by Crippen LogP contribution is -2.30. The van der Waals surface area contributed by atoms with E-state index in [0.717, 1.165) is 25.7 Å². The van der Waals surface area contributed by atoms with Crippen LogP contribution in [-0.4, -0.2) is 32.4 Å². The van der Waals surface area contributed by atoms with E-state index in [1.165, 1.54) is 26.4 Å². The zero-order valence-corrected chi connectivity index (χ0v) is 17.0. The second-order valence-electron chi connectivity index (χ2n) is 7.83. The average Bonchev–Trinajstić information content (AvgIpc) is 2.67. The predicted molar refractivity (Wildman–Crippen MR) is 98.8 cm³/mol. The van der Waals surface area contributed by atoms with E-state index in [2.05, 4.69) is 35.6 Å². The Labute approximate surface area is 164 Å². The molecular formula is C20H28O8. The molecule has 1 fully saturated rings. The molecule has 8 nitrogen and oxygen atoms in total. The molecule has 0 amide bonds. The van der Waals surface area contributed by atoms with Crippen LogP contribution in [0, 0.1) is 11.3 Å². The normalized spacial score (nSPS) is 19.5. The van der Waals surface area contributed by atoms with Crippen molar-refractivity contribution in [2.75, 3.05) is 14.2 Å². The Morgan fingerprint density at radius 3 is 1.96 bits per heavy atom. The molecule has 1 saturated carbocycles. The van der Waals surface area contributed by atoms with Gasteiger partial charge in [0.1, 0.15) is 17.6 Å². The highest BCUT2D eigenvalue weighted by molar-refractivity contribution is 5.90. The summed E-state index contributed by atoms with van der Waals surface area (Å²) in [5, 5.41) is 4.27. The van der Waals surface area contributed by atoms with Crippen LogP contribution in [-0.2, 0) is 19.6 Å². The average molecular weight is 396 g/mol. The van der Waals surface area contributed by atoms with Crippen LogP contribution in [0.1, 0.15) is 56.8 Å². The topological polar surface area (TPSA) is 89.5 Å². The summed E-state index contributed by atoms with van der Waals surface area (Å²) in [6, 6.07) is 4.46. The van der Waals surface area contributed by atoms with Gasteiger partial charge < -0.3 is 14.2 Å². The Kier molecular flexibility index (Phi) is 7.51. The fourth-order valence-corrected chi connectivity index (χ4v) is 3.25. The Hall–Kier alpha value is -2.48. The van der Waals surface area contributed by atoms with Gasteiger partial charge in [0.05, 0.1) is 24.8 Å². The van der Waals surface area contributed by atoms with Crippen molar-refractivity contribution >= 4 is 12.1 Å². The van der Waals surface area contributed by atoms with E-state index < -0.39 is 12.1 Å². The molecular weight excluding hydrogens is 368 g/mol.